The number of phenols is 1. The van der Waals surface area contributed by atoms with Gasteiger partial charge in [-0.15, -0.1) is 0 Å². The number of rotatable bonds is 2. The van der Waals surface area contributed by atoms with Crippen LogP contribution in [0.4, 0.5) is 17.1 Å². The van der Waals surface area contributed by atoms with E-state index in [1.807, 2.05) is 24.3 Å². The third kappa shape index (κ3) is 2.40. The van der Waals surface area contributed by atoms with Crippen molar-refractivity contribution in [1.82, 2.24) is 4.90 Å². The molecule has 28 heavy (non-hydrogen) atoms. The summed E-state index contributed by atoms with van der Waals surface area (Å²) < 4.78 is 0. The second-order valence-corrected chi connectivity index (χ2v) is 9.43. The first kappa shape index (κ1) is 17.9. The van der Waals surface area contributed by atoms with Crippen LogP contribution in [0.15, 0.2) is 36.4 Å². The standard InChI is InChI=1S/C24H31N3O/c1-23-9-3-4-10-24(23)11-12-27(2)22(23)14-16-13-20(21(28)15-19(16)24)26-18-7-5-17(25)6-8-18/h5-8,13,15,22,26,28H,3-4,9-12,14,25H2,1-2H3/t22-,23+,24+/m0/s1. The van der Waals surface area contributed by atoms with Gasteiger partial charge in [-0.1, -0.05) is 19.8 Å². The molecule has 0 aromatic heterocycles. The molecule has 4 N–H and O–H groups in total. The second-order valence-electron chi connectivity index (χ2n) is 9.43. The van der Waals surface area contributed by atoms with Gasteiger partial charge in [-0.05, 0) is 92.2 Å². The molecule has 3 atom stereocenters. The first-order valence-corrected chi connectivity index (χ1v) is 10.6. The third-order valence-electron chi connectivity index (χ3n) is 8.14. The number of nitrogens with one attached hydrogen (secondary N) is 1. The van der Waals surface area contributed by atoms with E-state index in [-0.39, 0.29) is 5.41 Å². The number of nitrogens with zero attached hydrogens (tertiary/aromatic N) is 1. The molecule has 2 fully saturated rings. The highest BCUT2D eigenvalue weighted by atomic mass is 16.3. The largest absolute Gasteiger partial charge is 0.506 e. The molecule has 5 rings (SSSR count). The van der Waals surface area contributed by atoms with E-state index in [4.69, 9.17) is 5.73 Å². The van der Waals surface area contributed by atoms with Crippen molar-refractivity contribution < 1.29 is 5.11 Å². The van der Waals surface area contributed by atoms with Crippen LogP contribution in [0.1, 0.15) is 50.2 Å². The summed E-state index contributed by atoms with van der Waals surface area (Å²) in [6, 6.07) is 12.5. The van der Waals surface area contributed by atoms with Gasteiger partial charge in [0.25, 0.3) is 0 Å². The zero-order valence-corrected chi connectivity index (χ0v) is 17.0. The fraction of sp³-hybridized carbons (Fsp3) is 0.500. The Morgan fingerprint density at radius 1 is 1.11 bits per heavy atom. The molecule has 2 aromatic rings. The molecular weight excluding hydrogens is 346 g/mol. The highest BCUT2D eigenvalue weighted by Crippen LogP contribution is 2.63. The Labute approximate surface area is 167 Å². The van der Waals surface area contributed by atoms with Crippen molar-refractivity contribution in [3.05, 3.63) is 47.5 Å². The molecule has 1 aliphatic heterocycles. The molecule has 2 aliphatic carbocycles. The number of likely N-dealkylation sites (tertiary alicyclic amines) is 1. The number of benzene rings is 2. The maximum absolute atomic E-state index is 10.9. The number of anilines is 3. The Bertz CT molecular complexity index is 909. The molecule has 0 unspecified atom stereocenters. The number of hydrogen-bond acceptors (Lipinski definition) is 4. The van der Waals surface area contributed by atoms with Crippen LogP contribution in [0.25, 0.3) is 0 Å². The highest BCUT2D eigenvalue weighted by molar-refractivity contribution is 5.70. The SMILES string of the molecule is CN1CC[C@@]23CCCC[C@]2(C)[C@@H]1Cc1cc(Nc2ccc(N)cc2)c(O)cc13. The minimum atomic E-state index is 0.215. The average Bonchev–Trinajstić information content (AvgIpc) is 2.68. The van der Waals surface area contributed by atoms with Crippen molar-refractivity contribution in [1.29, 1.82) is 0 Å². The molecule has 4 nitrogen and oxygen atoms in total. The first-order valence-electron chi connectivity index (χ1n) is 10.6. The van der Waals surface area contributed by atoms with Crippen LogP contribution in [-0.2, 0) is 11.8 Å². The Balaban J connectivity index is 1.59. The molecule has 1 saturated heterocycles. The normalized spacial score (nSPS) is 31.7. The lowest BCUT2D eigenvalue weighted by molar-refractivity contribution is -0.0735. The average molecular weight is 378 g/mol. The second kappa shape index (κ2) is 6.15. The summed E-state index contributed by atoms with van der Waals surface area (Å²) in [5.74, 6) is 0.357. The predicted octanol–water partition coefficient (Wildman–Crippen LogP) is 4.80. The number of likely N-dealkylation sites (N-methyl/N-ethyl adjacent to an activating group) is 1. The predicted molar refractivity (Wildman–Crippen MR) is 115 cm³/mol. The van der Waals surface area contributed by atoms with Crippen LogP contribution in [-0.4, -0.2) is 29.6 Å². The van der Waals surface area contributed by atoms with Gasteiger partial charge in [0.1, 0.15) is 5.75 Å². The molecule has 4 heteroatoms. The van der Waals surface area contributed by atoms with Crippen LogP contribution in [0, 0.1) is 5.41 Å². The Kier molecular flexibility index (Phi) is 3.92. The minimum Gasteiger partial charge on any atom is -0.506 e. The van der Waals surface area contributed by atoms with Gasteiger partial charge in [0, 0.05) is 22.8 Å². The summed E-state index contributed by atoms with van der Waals surface area (Å²) in [7, 11) is 2.30. The molecule has 3 aliphatic rings. The van der Waals surface area contributed by atoms with Gasteiger partial charge < -0.3 is 21.1 Å². The van der Waals surface area contributed by atoms with E-state index in [1.165, 1.54) is 43.2 Å². The van der Waals surface area contributed by atoms with Crippen molar-refractivity contribution in [2.45, 2.75) is 56.9 Å². The maximum atomic E-state index is 10.9. The van der Waals surface area contributed by atoms with Crippen molar-refractivity contribution in [3.63, 3.8) is 0 Å². The summed E-state index contributed by atoms with van der Waals surface area (Å²) in [4.78, 5) is 2.59. The molecule has 1 saturated carbocycles. The first-order chi connectivity index (χ1) is 13.4. The van der Waals surface area contributed by atoms with Gasteiger partial charge in [0.05, 0.1) is 5.69 Å². The van der Waals surface area contributed by atoms with E-state index in [2.05, 4.69) is 36.3 Å². The van der Waals surface area contributed by atoms with Crippen LogP contribution in [0.5, 0.6) is 5.75 Å². The number of aromatic hydroxyl groups is 1. The topological polar surface area (TPSA) is 61.5 Å². The summed E-state index contributed by atoms with van der Waals surface area (Å²) in [5, 5.41) is 14.3. The van der Waals surface area contributed by atoms with Crippen LogP contribution >= 0.6 is 0 Å². The Morgan fingerprint density at radius 2 is 1.86 bits per heavy atom. The number of fused-ring (bicyclic) bond motifs is 1. The monoisotopic (exact) mass is 377 g/mol. The molecule has 0 amide bonds. The lowest BCUT2D eigenvalue weighted by atomic mass is 9.45. The van der Waals surface area contributed by atoms with Gasteiger partial charge in [-0.25, -0.2) is 0 Å². The van der Waals surface area contributed by atoms with E-state index in [1.54, 1.807) is 0 Å². The number of nitrogens with two attached hydrogens (primary N) is 1. The van der Waals surface area contributed by atoms with Crippen LogP contribution in [0.3, 0.4) is 0 Å². The molecule has 148 valence electrons. The molecule has 0 spiro atoms. The zero-order chi connectivity index (χ0) is 19.5. The number of piperidine rings is 1. The van der Waals surface area contributed by atoms with Gasteiger partial charge in [0.2, 0.25) is 0 Å². The number of hydrogen-bond donors (Lipinski definition) is 3. The summed E-state index contributed by atoms with van der Waals surface area (Å²) >= 11 is 0. The van der Waals surface area contributed by atoms with Gasteiger partial charge >= 0.3 is 0 Å². The van der Waals surface area contributed by atoms with E-state index >= 15 is 0 Å². The Hall–Kier alpha value is -2.20. The summed E-state index contributed by atoms with van der Waals surface area (Å²) in [5.41, 5.74) is 11.6. The fourth-order valence-electron chi connectivity index (χ4n) is 6.59. The quantitative estimate of drug-likeness (QED) is 0.520. The number of phenolic OH excluding ortho intramolecular Hbond substituents is 1. The van der Waals surface area contributed by atoms with E-state index < -0.39 is 0 Å². The molecule has 0 radical (unpaired) electrons. The van der Waals surface area contributed by atoms with Gasteiger partial charge in [-0.2, -0.15) is 0 Å². The number of nitrogen functional groups attached to an aromatic ring is 1. The van der Waals surface area contributed by atoms with Gasteiger partial charge in [0.15, 0.2) is 0 Å². The van der Waals surface area contributed by atoms with Crippen molar-refractivity contribution in [2.24, 2.45) is 5.41 Å². The minimum absolute atomic E-state index is 0.215. The van der Waals surface area contributed by atoms with Crippen molar-refractivity contribution >= 4 is 17.1 Å². The van der Waals surface area contributed by atoms with Crippen LogP contribution < -0.4 is 11.1 Å². The van der Waals surface area contributed by atoms with Crippen molar-refractivity contribution in [3.8, 4) is 5.75 Å². The van der Waals surface area contributed by atoms with E-state index in [0.717, 1.165) is 30.0 Å². The maximum Gasteiger partial charge on any atom is 0.139 e. The van der Waals surface area contributed by atoms with Crippen LogP contribution in [0.2, 0.25) is 0 Å². The molecule has 2 bridgehead atoms. The fourth-order valence-corrected chi connectivity index (χ4v) is 6.59. The third-order valence-corrected chi connectivity index (χ3v) is 8.14. The lowest BCUT2D eigenvalue weighted by Gasteiger charge is -2.65. The highest BCUT2D eigenvalue weighted by Gasteiger charge is 2.60. The van der Waals surface area contributed by atoms with E-state index in [9.17, 15) is 5.11 Å². The zero-order valence-electron chi connectivity index (χ0n) is 17.0. The van der Waals surface area contributed by atoms with E-state index in [0.29, 0.717) is 17.2 Å². The molecule has 2 aromatic carbocycles. The van der Waals surface area contributed by atoms with Crippen molar-refractivity contribution in [2.75, 3.05) is 24.6 Å². The smallest absolute Gasteiger partial charge is 0.139 e. The lowest BCUT2D eigenvalue weighted by Crippen LogP contribution is -2.66. The summed E-state index contributed by atoms with van der Waals surface area (Å²) in [6.45, 7) is 3.68. The summed E-state index contributed by atoms with van der Waals surface area (Å²) in [6.07, 6.45) is 7.46. The Morgan fingerprint density at radius 3 is 2.64 bits per heavy atom. The molecule has 1 heterocycles. The van der Waals surface area contributed by atoms with Gasteiger partial charge in [-0.3, -0.25) is 0 Å². The molecular formula is C24H31N3O.